The third kappa shape index (κ3) is 3.10. The summed E-state index contributed by atoms with van der Waals surface area (Å²) in [6.45, 7) is 2.14. The van der Waals surface area contributed by atoms with Gasteiger partial charge in [-0.2, -0.15) is 0 Å². The number of rotatable bonds is 4. The summed E-state index contributed by atoms with van der Waals surface area (Å²) in [7, 11) is 0. The van der Waals surface area contributed by atoms with Crippen LogP contribution in [-0.4, -0.2) is 16.6 Å². The molecule has 1 aliphatic rings. The number of aliphatic carboxylic acids is 1. The molecule has 0 heterocycles. The van der Waals surface area contributed by atoms with Crippen LogP contribution in [0, 0.1) is 0 Å². The monoisotopic (exact) mass is 247 g/mol. The SMILES string of the molecule is CC1(NC(C(=O)O)c2ccccc2)CCCCC1. The van der Waals surface area contributed by atoms with Crippen molar-refractivity contribution in [1.29, 1.82) is 0 Å². The minimum atomic E-state index is -0.798. The van der Waals surface area contributed by atoms with Crippen LogP contribution in [-0.2, 0) is 4.79 Å². The van der Waals surface area contributed by atoms with Crippen molar-refractivity contribution < 1.29 is 9.90 Å². The van der Waals surface area contributed by atoms with Crippen LogP contribution in [0.3, 0.4) is 0 Å². The van der Waals surface area contributed by atoms with Gasteiger partial charge in [-0.15, -0.1) is 0 Å². The molecule has 1 aliphatic carbocycles. The summed E-state index contributed by atoms with van der Waals surface area (Å²) in [6, 6.07) is 8.82. The van der Waals surface area contributed by atoms with Crippen molar-refractivity contribution in [2.75, 3.05) is 0 Å². The predicted octanol–water partition coefficient (Wildman–Crippen LogP) is 3.12. The van der Waals surface area contributed by atoms with Crippen LogP contribution in [0.1, 0.15) is 50.6 Å². The van der Waals surface area contributed by atoms with E-state index in [0.717, 1.165) is 18.4 Å². The fourth-order valence-corrected chi connectivity index (χ4v) is 2.76. The highest BCUT2D eigenvalue weighted by molar-refractivity contribution is 5.75. The normalized spacial score (nSPS) is 20.3. The second kappa shape index (κ2) is 5.53. The molecule has 3 nitrogen and oxygen atoms in total. The van der Waals surface area contributed by atoms with Gasteiger partial charge in [-0.25, -0.2) is 0 Å². The Labute approximate surface area is 108 Å². The van der Waals surface area contributed by atoms with Gasteiger partial charge in [0, 0.05) is 5.54 Å². The van der Waals surface area contributed by atoms with Gasteiger partial charge in [0.15, 0.2) is 0 Å². The summed E-state index contributed by atoms with van der Waals surface area (Å²) in [5.74, 6) is -0.798. The zero-order valence-corrected chi connectivity index (χ0v) is 10.9. The minimum Gasteiger partial charge on any atom is -0.480 e. The Bertz CT molecular complexity index is 396. The van der Waals surface area contributed by atoms with E-state index in [1.54, 1.807) is 0 Å². The molecule has 0 amide bonds. The zero-order valence-electron chi connectivity index (χ0n) is 10.9. The molecule has 98 valence electrons. The molecule has 0 aromatic heterocycles. The van der Waals surface area contributed by atoms with Crippen molar-refractivity contribution >= 4 is 5.97 Å². The summed E-state index contributed by atoms with van der Waals surface area (Å²) in [5.41, 5.74) is 0.786. The molecule has 2 N–H and O–H groups in total. The zero-order chi connectivity index (χ0) is 13.0. The van der Waals surface area contributed by atoms with Crippen molar-refractivity contribution in [3.05, 3.63) is 35.9 Å². The molecular formula is C15H21NO2. The van der Waals surface area contributed by atoms with Gasteiger partial charge in [-0.05, 0) is 25.3 Å². The van der Waals surface area contributed by atoms with E-state index >= 15 is 0 Å². The van der Waals surface area contributed by atoms with Crippen molar-refractivity contribution in [3.63, 3.8) is 0 Å². The van der Waals surface area contributed by atoms with Crippen LogP contribution < -0.4 is 5.32 Å². The van der Waals surface area contributed by atoms with Crippen LogP contribution in [0.25, 0.3) is 0 Å². The lowest BCUT2D eigenvalue weighted by molar-refractivity contribution is -0.140. The van der Waals surface area contributed by atoms with E-state index < -0.39 is 12.0 Å². The van der Waals surface area contributed by atoms with E-state index in [-0.39, 0.29) is 5.54 Å². The molecule has 0 spiro atoms. The van der Waals surface area contributed by atoms with Gasteiger partial charge in [0.2, 0.25) is 0 Å². The van der Waals surface area contributed by atoms with Crippen molar-refractivity contribution in [3.8, 4) is 0 Å². The highest BCUT2D eigenvalue weighted by atomic mass is 16.4. The summed E-state index contributed by atoms with van der Waals surface area (Å²) in [5, 5.41) is 12.8. The van der Waals surface area contributed by atoms with Crippen LogP contribution in [0.2, 0.25) is 0 Å². The molecule has 0 radical (unpaired) electrons. The first kappa shape index (κ1) is 13.1. The smallest absolute Gasteiger partial charge is 0.325 e. The number of nitrogens with one attached hydrogen (secondary N) is 1. The van der Waals surface area contributed by atoms with E-state index in [2.05, 4.69) is 12.2 Å². The first-order chi connectivity index (χ1) is 8.61. The van der Waals surface area contributed by atoms with Gasteiger partial charge in [-0.1, -0.05) is 49.6 Å². The van der Waals surface area contributed by atoms with Crippen LogP contribution in [0.15, 0.2) is 30.3 Å². The average molecular weight is 247 g/mol. The molecule has 3 heteroatoms. The van der Waals surface area contributed by atoms with Crippen molar-refractivity contribution in [1.82, 2.24) is 5.32 Å². The van der Waals surface area contributed by atoms with E-state index in [4.69, 9.17) is 0 Å². The minimum absolute atomic E-state index is 0.0445. The Morgan fingerprint density at radius 1 is 1.22 bits per heavy atom. The molecule has 0 saturated heterocycles. The largest absolute Gasteiger partial charge is 0.480 e. The number of carboxylic acids is 1. The second-order valence-electron chi connectivity index (χ2n) is 5.45. The van der Waals surface area contributed by atoms with Gasteiger partial charge >= 0.3 is 5.97 Å². The average Bonchev–Trinajstić information content (AvgIpc) is 2.38. The second-order valence-corrected chi connectivity index (χ2v) is 5.45. The molecule has 1 aromatic rings. The molecular weight excluding hydrogens is 226 g/mol. The van der Waals surface area contributed by atoms with Gasteiger partial charge in [-0.3, -0.25) is 10.1 Å². The molecule has 1 atom stereocenters. The molecule has 1 saturated carbocycles. The summed E-state index contributed by atoms with van der Waals surface area (Å²) in [6.07, 6.45) is 5.75. The lowest BCUT2D eigenvalue weighted by Gasteiger charge is -2.37. The standard InChI is InChI=1S/C15H21NO2/c1-15(10-6-3-7-11-15)16-13(14(17)18)12-8-4-2-5-9-12/h2,4-5,8-9,13,16H,3,6-7,10-11H2,1H3,(H,17,18). The molecule has 2 rings (SSSR count). The van der Waals surface area contributed by atoms with Crippen LogP contribution in [0.4, 0.5) is 0 Å². The Morgan fingerprint density at radius 3 is 2.39 bits per heavy atom. The van der Waals surface area contributed by atoms with Gasteiger partial charge < -0.3 is 5.11 Å². The number of hydrogen-bond acceptors (Lipinski definition) is 2. The maximum absolute atomic E-state index is 11.5. The number of benzene rings is 1. The molecule has 0 aliphatic heterocycles. The van der Waals surface area contributed by atoms with Crippen molar-refractivity contribution in [2.45, 2.75) is 50.6 Å². The van der Waals surface area contributed by atoms with E-state index in [9.17, 15) is 9.90 Å². The summed E-state index contributed by atoms with van der Waals surface area (Å²) < 4.78 is 0. The lowest BCUT2D eigenvalue weighted by Crippen LogP contribution is -2.47. The highest BCUT2D eigenvalue weighted by Crippen LogP contribution is 2.30. The molecule has 18 heavy (non-hydrogen) atoms. The van der Waals surface area contributed by atoms with Gasteiger partial charge in [0.05, 0.1) is 0 Å². The fraction of sp³-hybridized carbons (Fsp3) is 0.533. The van der Waals surface area contributed by atoms with E-state index in [1.165, 1.54) is 19.3 Å². The molecule has 1 aromatic carbocycles. The summed E-state index contributed by atoms with van der Waals surface area (Å²) >= 11 is 0. The highest BCUT2D eigenvalue weighted by Gasteiger charge is 2.32. The third-order valence-electron chi connectivity index (χ3n) is 3.83. The fourth-order valence-electron chi connectivity index (χ4n) is 2.76. The van der Waals surface area contributed by atoms with Crippen LogP contribution >= 0.6 is 0 Å². The maximum Gasteiger partial charge on any atom is 0.325 e. The lowest BCUT2D eigenvalue weighted by atomic mass is 9.82. The molecule has 0 bridgehead atoms. The Balaban J connectivity index is 2.14. The molecule has 1 fully saturated rings. The van der Waals surface area contributed by atoms with Gasteiger partial charge in [0.25, 0.3) is 0 Å². The Hall–Kier alpha value is -1.35. The van der Waals surface area contributed by atoms with Gasteiger partial charge in [0.1, 0.15) is 6.04 Å². The number of carbonyl (C=O) groups is 1. The first-order valence-corrected chi connectivity index (χ1v) is 6.66. The Kier molecular flexibility index (Phi) is 4.02. The quantitative estimate of drug-likeness (QED) is 0.859. The maximum atomic E-state index is 11.5. The Morgan fingerprint density at radius 2 is 1.83 bits per heavy atom. The van der Waals surface area contributed by atoms with Crippen LogP contribution in [0.5, 0.6) is 0 Å². The third-order valence-corrected chi connectivity index (χ3v) is 3.83. The predicted molar refractivity (Wildman–Crippen MR) is 71.4 cm³/mol. The molecule has 1 unspecified atom stereocenters. The van der Waals surface area contributed by atoms with E-state index in [0.29, 0.717) is 0 Å². The number of hydrogen-bond donors (Lipinski definition) is 2. The topological polar surface area (TPSA) is 49.3 Å². The number of carboxylic acid groups (broad SMARTS) is 1. The first-order valence-electron chi connectivity index (χ1n) is 6.66. The van der Waals surface area contributed by atoms with E-state index in [1.807, 2.05) is 30.3 Å². The van der Waals surface area contributed by atoms with Crippen molar-refractivity contribution in [2.24, 2.45) is 0 Å². The summed E-state index contributed by atoms with van der Waals surface area (Å²) in [4.78, 5) is 11.5.